The molecule has 5 aromatic carbocycles. The van der Waals surface area contributed by atoms with Crippen LogP contribution < -0.4 is 26.2 Å². The fourth-order valence-corrected chi connectivity index (χ4v) is 9.93. The standard InChI is InChI=1S/C53H61BN2O/c1-32-26-43-47-44(27-32)56(36-21-18-33(19-22-36)49(2,3)4)48-46(38-30-39-40(31-45(38)57-48)53(13,14)25-24-52(39,11)12)54(47)41-23-20-35(51(8,9)10)29-42(41)55(43)37-17-15-16-34(28-37)50(5,6)7/h15-23,26-31H,24-25H2,1-14H3. The van der Waals surface area contributed by atoms with E-state index in [1.807, 2.05) is 0 Å². The van der Waals surface area contributed by atoms with E-state index in [-0.39, 0.29) is 33.8 Å². The van der Waals surface area contributed by atoms with Crippen molar-refractivity contribution in [3.63, 3.8) is 0 Å². The van der Waals surface area contributed by atoms with Gasteiger partial charge in [0.25, 0.3) is 6.71 Å². The lowest BCUT2D eigenvalue weighted by atomic mass is 9.33. The molecule has 0 saturated heterocycles. The van der Waals surface area contributed by atoms with Crippen molar-refractivity contribution in [2.75, 3.05) is 9.80 Å². The first-order valence-electron chi connectivity index (χ1n) is 21.3. The van der Waals surface area contributed by atoms with Crippen LogP contribution in [0.1, 0.15) is 136 Å². The minimum Gasteiger partial charge on any atom is -0.440 e. The fourth-order valence-electron chi connectivity index (χ4n) is 9.93. The van der Waals surface area contributed by atoms with Gasteiger partial charge >= 0.3 is 0 Å². The van der Waals surface area contributed by atoms with Gasteiger partial charge in [0.05, 0.1) is 0 Å². The SMILES string of the molecule is Cc1cc2c3c(c1)N(c1ccc(C(C)(C)C)cc1)c1oc4cc5c(cc4c1B3c1ccc(C(C)(C)C)cc1N2c1cccc(C(C)(C)C)c1)C(C)(C)CCC5(C)C. The van der Waals surface area contributed by atoms with Crippen LogP contribution in [0.4, 0.5) is 34.3 Å². The molecule has 0 saturated carbocycles. The molecule has 292 valence electrons. The number of aryl methyl sites for hydroxylation is 1. The van der Waals surface area contributed by atoms with E-state index in [9.17, 15) is 0 Å². The van der Waals surface area contributed by atoms with E-state index < -0.39 is 0 Å². The van der Waals surface area contributed by atoms with Crippen molar-refractivity contribution in [2.45, 2.75) is 137 Å². The Balaban J connectivity index is 1.41. The molecule has 57 heavy (non-hydrogen) atoms. The van der Waals surface area contributed by atoms with Crippen LogP contribution in [0.15, 0.2) is 95.4 Å². The molecule has 2 aliphatic heterocycles. The number of rotatable bonds is 2. The lowest BCUT2D eigenvalue weighted by molar-refractivity contribution is 0.332. The van der Waals surface area contributed by atoms with Gasteiger partial charge < -0.3 is 9.32 Å². The second-order valence-electron chi connectivity index (χ2n) is 21.9. The molecule has 0 atom stereocenters. The van der Waals surface area contributed by atoms with Crippen molar-refractivity contribution in [1.29, 1.82) is 0 Å². The fraction of sp³-hybridized carbons (Fsp3) is 0.396. The summed E-state index contributed by atoms with van der Waals surface area (Å²) in [6.07, 6.45) is 2.33. The molecular weight excluding hydrogens is 691 g/mol. The molecule has 6 aromatic rings. The summed E-state index contributed by atoms with van der Waals surface area (Å²) in [6, 6.07) is 35.6. The van der Waals surface area contributed by atoms with Crippen molar-refractivity contribution >= 4 is 68.4 Å². The predicted molar refractivity (Wildman–Crippen MR) is 246 cm³/mol. The Hall–Kier alpha value is -4.70. The molecule has 1 aliphatic carbocycles. The molecular formula is C53H61BN2O. The number of benzene rings is 5. The van der Waals surface area contributed by atoms with Gasteiger partial charge in [0, 0.05) is 39.3 Å². The topological polar surface area (TPSA) is 19.6 Å². The van der Waals surface area contributed by atoms with E-state index in [4.69, 9.17) is 4.42 Å². The molecule has 3 heterocycles. The predicted octanol–water partition coefficient (Wildman–Crippen LogP) is 13.1. The van der Waals surface area contributed by atoms with Crippen LogP contribution in [0.5, 0.6) is 0 Å². The molecule has 0 unspecified atom stereocenters. The van der Waals surface area contributed by atoms with Gasteiger partial charge in [-0.25, -0.2) is 0 Å². The van der Waals surface area contributed by atoms with Crippen LogP contribution in [0.3, 0.4) is 0 Å². The minimum absolute atomic E-state index is 0.0125. The van der Waals surface area contributed by atoms with Crippen LogP contribution in [0.2, 0.25) is 0 Å². The van der Waals surface area contributed by atoms with E-state index in [0.717, 1.165) is 23.6 Å². The molecule has 0 fully saturated rings. The van der Waals surface area contributed by atoms with Crippen LogP contribution >= 0.6 is 0 Å². The van der Waals surface area contributed by atoms with Crippen molar-refractivity contribution in [3.05, 3.63) is 124 Å². The van der Waals surface area contributed by atoms with E-state index in [2.05, 4.69) is 198 Å². The van der Waals surface area contributed by atoms with Crippen LogP contribution in [-0.2, 0) is 27.1 Å². The van der Waals surface area contributed by atoms with Crippen LogP contribution in [0, 0.1) is 6.92 Å². The Morgan fingerprint density at radius 1 is 0.544 bits per heavy atom. The molecule has 3 aliphatic rings. The van der Waals surface area contributed by atoms with Crippen molar-refractivity contribution < 1.29 is 4.42 Å². The lowest BCUT2D eigenvalue weighted by Crippen LogP contribution is -2.61. The van der Waals surface area contributed by atoms with Crippen LogP contribution in [-0.4, -0.2) is 6.71 Å². The molecule has 0 amide bonds. The highest BCUT2D eigenvalue weighted by Gasteiger charge is 2.48. The zero-order valence-corrected chi connectivity index (χ0v) is 37.0. The Morgan fingerprint density at radius 2 is 1.11 bits per heavy atom. The third-order valence-electron chi connectivity index (χ3n) is 13.6. The molecule has 9 rings (SSSR count). The molecule has 4 heteroatoms. The number of fused-ring (bicyclic) bond motifs is 7. The number of hydrogen-bond donors (Lipinski definition) is 0. The first kappa shape index (κ1) is 37.9. The van der Waals surface area contributed by atoms with Gasteiger partial charge in [0.1, 0.15) is 5.58 Å². The minimum atomic E-state index is -0.0144. The second-order valence-corrected chi connectivity index (χ2v) is 21.9. The smallest absolute Gasteiger partial charge is 0.257 e. The van der Waals surface area contributed by atoms with Crippen molar-refractivity contribution in [2.24, 2.45) is 0 Å². The zero-order valence-electron chi connectivity index (χ0n) is 37.0. The first-order chi connectivity index (χ1) is 26.5. The largest absolute Gasteiger partial charge is 0.440 e. The molecule has 0 N–H and O–H groups in total. The van der Waals surface area contributed by atoms with Gasteiger partial charge in [-0.1, -0.05) is 126 Å². The van der Waals surface area contributed by atoms with Gasteiger partial charge in [0.2, 0.25) is 5.88 Å². The highest BCUT2D eigenvalue weighted by Crippen LogP contribution is 2.51. The summed E-state index contributed by atoms with van der Waals surface area (Å²) in [6.45, 7) is 32.7. The number of furan rings is 1. The van der Waals surface area contributed by atoms with E-state index in [1.54, 1.807) is 0 Å². The van der Waals surface area contributed by atoms with Gasteiger partial charge in [-0.2, -0.15) is 0 Å². The molecule has 0 bridgehead atoms. The highest BCUT2D eigenvalue weighted by molar-refractivity contribution is 7.01. The van der Waals surface area contributed by atoms with Gasteiger partial charge in [-0.3, -0.25) is 4.90 Å². The number of nitrogens with zero attached hydrogens (tertiary/aromatic N) is 2. The van der Waals surface area contributed by atoms with Crippen molar-refractivity contribution in [3.8, 4) is 0 Å². The third kappa shape index (κ3) is 5.91. The normalized spacial score (nSPS) is 17.0. The average Bonchev–Trinajstić information content (AvgIpc) is 3.50. The molecule has 0 spiro atoms. The summed E-state index contributed by atoms with van der Waals surface area (Å²) in [7, 11) is 0. The quantitative estimate of drug-likeness (QED) is 0.164. The van der Waals surface area contributed by atoms with Gasteiger partial charge in [-0.15, -0.1) is 0 Å². The summed E-state index contributed by atoms with van der Waals surface area (Å²) >= 11 is 0. The zero-order chi connectivity index (χ0) is 40.8. The van der Waals surface area contributed by atoms with Crippen molar-refractivity contribution in [1.82, 2.24) is 0 Å². The monoisotopic (exact) mass is 752 g/mol. The molecule has 3 nitrogen and oxygen atoms in total. The average molecular weight is 753 g/mol. The lowest BCUT2D eigenvalue weighted by Gasteiger charge is -2.43. The number of hydrogen-bond acceptors (Lipinski definition) is 3. The summed E-state index contributed by atoms with van der Waals surface area (Å²) in [5.74, 6) is 0.939. The first-order valence-corrected chi connectivity index (χ1v) is 21.3. The van der Waals surface area contributed by atoms with Gasteiger partial charge in [-0.05, 0) is 146 Å². The number of anilines is 6. The molecule has 0 radical (unpaired) electrons. The Labute approximate surface area is 342 Å². The van der Waals surface area contributed by atoms with Gasteiger partial charge in [0.15, 0.2) is 0 Å². The van der Waals surface area contributed by atoms with E-state index in [1.165, 1.54) is 84.3 Å². The Morgan fingerprint density at radius 3 is 1.72 bits per heavy atom. The van der Waals surface area contributed by atoms with Crippen LogP contribution in [0.25, 0.3) is 11.0 Å². The summed E-state index contributed by atoms with van der Waals surface area (Å²) in [5, 5.41) is 1.24. The van der Waals surface area contributed by atoms with E-state index >= 15 is 0 Å². The Bertz CT molecular complexity index is 2600. The van der Waals surface area contributed by atoms with E-state index in [0.29, 0.717) is 0 Å². The third-order valence-corrected chi connectivity index (χ3v) is 13.6. The summed E-state index contributed by atoms with van der Waals surface area (Å²) < 4.78 is 7.35. The Kier molecular flexibility index (Phi) is 8.08. The highest BCUT2D eigenvalue weighted by atomic mass is 16.4. The summed E-state index contributed by atoms with van der Waals surface area (Å²) in [4.78, 5) is 5.02. The summed E-state index contributed by atoms with van der Waals surface area (Å²) in [5.41, 5.74) is 19.2. The molecule has 1 aromatic heterocycles. The second kappa shape index (κ2) is 12.2. The maximum Gasteiger partial charge on any atom is 0.257 e. The maximum absolute atomic E-state index is 7.35. The maximum atomic E-state index is 7.35.